The first-order chi connectivity index (χ1) is 19.1. The molecule has 0 amide bonds. The molecule has 196 valence electrons. The summed E-state index contributed by atoms with van der Waals surface area (Å²) < 4.78 is 34.9. The van der Waals surface area contributed by atoms with Crippen LogP contribution < -0.4 is 4.74 Å². The van der Waals surface area contributed by atoms with Gasteiger partial charge in [-0.3, -0.25) is 0 Å². The monoisotopic (exact) mass is 520 g/mol. The van der Waals surface area contributed by atoms with E-state index in [-0.39, 0.29) is 11.6 Å². The summed E-state index contributed by atoms with van der Waals surface area (Å²) >= 11 is 0. The van der Waals surface area contributed by atoms with Gasteiger partial charge in [0.15, 0.2) is 0 Å². The lowest BCUT2D eigenvalue weighted by Gasteiger charge is -2.09. The van der Waals surface area contributed by atoms with Crippen LogP contribution in [0.15, 0.2) is 84.9 Å². The van der Waals surface area contributed by atoms with E-state index in [1.165, 1.54) is 6.07 Å². The van der Waals surface area contributed by atoms with Crippen LogP contribution in [0.25, 0.3) is 22.3 Å². The number of hydrogen-bond acceptors (Lipinski definition) is 3. The van der Waals surface area contributed by atoms with Gasteiger partial charge in [-0.25, -0.2) is 8.78 Å². The van der Waals surface area contributed by atoms with E-state index in [1.54, 1.807) is 66.7 Å². The molecule has 4 aromatic carbocycles. The third kappa shape index (κ3) is 7.76. The molecule has 4 rings (SSSR count). The van der Waals surface area contributed by atoms with E-state index in [9.17, 15) is 8.78 Å². The summed E-state index contributed by atoms with van der Waals surface area (Å²) in [5.41, 5.74) is 4.63. The summed E-state index contributed by atoms with van der Waals surface area (Å²) in [7, 11) is 0. The summed E-state index contributed by atoms with van der Waals surface area (Å²) in [6, 6.07) is 28.2. The lowest BCUT2D eigenvalue weighted by Crippen LogP contribution is -1.98. The zero-order valence-electron chi connectivity index (χ0n) is 21.8. The Morgan fingerprint density at radius 3 is 1.62 bits per heavy atom. The minimum Gasteiger partial charge on any atom is -0.493 e. The number of hydrogen-bond donors (Lipinski definition) is 0. The first kappa shape index (κ1) is 27.6. The number of unbranched alkanes of at least 4 members (excludes halogenated alkanes) is 5. The van der Waals surface area contributed by atoms with Gasteiger partial charge in [-0.05, 0) is 78.4 Å². The fraction of sp³-hybridized carbons (Fsp3) is 0.235. The molecule has 0 atom stereocenters. The van der Waals surface area contributed by atoms with Gasteiger partial charge >= 0.3 is 0 Å². The maximum atomic E-state index is 14.6. The smallest absolute Gasteiger partial charge is 0.134 e. The fourth-order valence-electron chi connectivity index (χ4n) is 4.54. The van der Waals surface area contributed by atoms with Crippen molar-refractivity contribution < 1.29 is 13.5 Å². The summed E-state index contributed by atoms with van der Waals surface area (Å²) in [6.45, 7) is 0.542. The van der Waals surface area contributed by atoms with Crippen molar-refractivity contribution in [3.05, 3.63) is 113 Å². The van der Waals surface area contributed by atoms with E-state index in [4.69, 9.17) is 15.3 Å². The first-order valence-corrected chi connectivity index (χ1v) is 13.3. The van der Waals surface area contributed by atoms with Crippen LogP contribution >= 0.6 is 0 Å². The van der Waals surface area contributed by atoms with E-state index >= 15 is 0 Å². The fourth-order valence-corrected chi connectivity index (χ4v) is 4.54. The highest BCUT2D eigenvalue weighted by atomic mass is 19.1. The number of rotatable bonds is 12. The topological polar surface area (TPSA) is 56.8 Å². The van der Waals surface area contributed by atoms with Crippen molar-refractivity contribution >= 4 is 0 Å². The Morgan fingerprint density at radius 2 is 1.08 bits per heavy atom. The molecule has 0 aromatic heterocycles. The molecule has 39 heavy (non-hydrogen) atoms. The predicted octanol–water partition coefficient (Wildman–Crippen LogP) is 9.00. The third-order valence-electron chi connectivity index (χ3n) is 6.75. The molecule has 0 saturated heterocycles. The molecule has 0 spiro atoms. The van der Waals surface area contributed by atoms with Crippen LogP contribution in [0.3, 0.4) is 0 Å². The molecule has 0 heterocycles. The van der Waals surface area contributed by atoms with Gasteiger partial charge in [-0.15, -0.1) is 0 Å². The van der Waals surface area contributed by atoms with Crippen molar-refractivity contribution in [2.45, 2.75) is 44.9 Å². The van der Waals surface area contributed by atoms with Crippen molar-refractivity contribution in [1.82, 2.24) is 0 Å². The maximum Gasteiger partial charge on any atom is 0.134 e. The SMILES string of the molecule is N#Cc1ccc(-c2ccc(CCCCCCCCOc3ccc(-c4ccc(C#N)cc4)c(F)c3)cc2F)cc1. The number of nitriles is 2. The normalized spacial score (nSPS) is 10.6. The summed E-state index contributed by atoms with van der Waals surface area (Å²) in [5.74, 6) is -0.0655. The number of aryl methyl sites for hydroxylation is 1. The van der Waals surface area contributed by atoms with Crippen molar-refractivity contribution in [3.63, 3.8) is 0 Å². The van der Waals surface area contributed by atoms with E-state index in [2.05, 4.69) is 12.1 Å². The van der Waals surface area contributed by atoms with Crippen LogP contribution in [0, 0.1) is 34.3 Å². The average molecular weight is 521 g/mol. The van der Waals surface area contributed by atoms with Crippen molar-refractivity contribution in [2.75, 3.05) is 6.61 Å². The molecule has 0 aliphatic carbocycles. The van der Waals surface area contributed by atoms with Gasteiger partial charge in [0.2, 0.25) is 0 Å². The summed E-state index contributed by atoms with van der Waals surface area (Å²) in [5, 5.41) is 17.8. The van der Waals surface area contributed by atoms with Gasteiger partial charge < -0.3 is 4.74 Å². The first-order valence-electron chi connectivity index (χ1n) is 13.3. The zero-order chi connectivity index (χ0) is 27.5. The standard InChI is InChI=1S/C34H30F2N2O/c35-33-21-25(12-18-31(33)28-13-8-26(23-37)9-14-28)7-5-3-1-2-4-6-20-39-30-17-19-32(34(36)22-30)29-15-10-27(24-38)11-16-29/h8-19,21-22H,1-7,20H2. The molecule has 5 heteroatoms. The second-order valence-electron chi connectivity index (χ2n) is 9.55. The van der Waals surface area contributed by atoms with Crippen LogP contribution in [0.1, 0.15) is 55.2 Å². The molecular formula is C34H30F2N2O. The Hall–Kier alpha value is -4.48. The molecule has 0 aliphatic rings. The Kier molecular flexibility index (Phi) is 9.81. The highest BCUT2D eigenvalue weighted by Crippen LogP contribution is 2.27. The van der Waals surface area contributed by atoms with Crippen LogP contribution in [0.2, 0.25) is 0 Å². The van der Waals surface area contributed by atoms with E-state index < -0.39 is 0 Å². The van der Waals surface area contributed by atoms with Crippen molar-refractivity contribution in [3.8, 4) is 40.1 Å². The van der Waals surface area contributed by atoms with E-state index in [1.807, 2.05) is 12.1 Å². The van der Waals surface area contributed by atoms with Crippen LogP contribution in [-0.2, 0) is 6.42 Å². The van der Waals surface area contributed by atoms with Gasteiger partial charge in [0.25, 0.3) is 0 Å². The molecule has 0 fully saturated rings. The van der Waals surface area contributed by atoms with Gasteiger partial charge in [-0.2, -0.15) is 10.5 Å². The minimum absolute atomic E-state index is 0.235. The highest BCUT2D eigenvalue weighted by Gasteiger charge is 2.08. The average Bonchev–Trinajstić information content (AvgIpc) is 2.96. The zero-order valence-corrected chi connectivity index (χ0v) is 21.8. The Balaban J connectivity index is 1.11. The van der Waals surface area contributed by atoms with Gasteiger partial charge in [-0.1, -0.05) is 62.1 Å². The molecule has 0 N–H and O–H groups in total. The van der Waals surface area contributed by atoms with E-state index in [0.717, 1.165) is 61.6 Å². The number of ether oxygens (including phenoxy) is 1. The van der Waals surface area contributed by atoms with Crippen LogP contribution in [0.5, 0.6) is 5.75 Å². The Morgan fingerprint density at radius 1 is 0.564 bits per heavy atom. The largest absolute Gasteiger partial charge is 0.493 e. The predicted molar refractivity (Wildman–Crippen MR) is 150 cm³/mol. The molecular weight excluding hydrogens is 490 g/mol. The minimum atomic E-state index is -0.346. The molecule has 3 nitrogen and oxygen atoms in total. The molecule has 0 aliphatic heterocycles. The van der Waals surface area contributed by atoms with E-state index in [0.29, 0.717) is 34.6 Å². The Labute approximate surface area is 228 Å². The van der Waals surface area contributed by atoms with Gasteiger partial charge in [0.05, 0.1) is 29.9 Å². The second kappa shape index (κ2) is 13.9. The van der Waals surface area contributed by atoms with Gasteiger partial charge in [0, 0.05) is 17.2 Å². The van der Waals surface area contributed by atoms with Crippen LogP contribution in [0.4, 0.5) is 8.78 Å². The lowest BCUT2D eigenvalue weighted by molar-refractivity contribution is 0.303. The summed E-state index contributed by atoms with van der Waals surface area (Å²) in [6.07, 6.45) is 7.10. The third-order valence-corrected chi connectivity index (χ3v) is 6.75. The maximum absolute atomic E-state index is 14.6. The number of halogens is 2. The van der Waals surface area contributed by atoms with Crippen LogP contribution in [-0.4, -0.2) is 6.61 Å². The number of nitrogens with zero attached hydrogens (tertiary/aromatic N) is 2. The molecule has 4 aromatic rings. The molecule has 0 saturated carbocycles. The van der Waals surface area contributed by atoms with Gasteiger partial charge in [0.1, 0.15) is 17.4 Å². The molecule has 0 unspecified atom stereocenters. The van der Waals surface area contributed by atoms with Crippen molar-refractivity contribution in [1.29, 1.82) is 10.5 Å². The molecule has 0 radical (unpaired) electrons. The highest BCUT2D eigenvalue weighted by molar-refractivity contribution is 5.66. The number of benzene rings is 4. The Bertz CT molecular complexity index is 1350. The lowest BCUT2D eigenvalue weighted by atomic mass is 9.99. The quantitative estimate of drug-likeness (QED) is 0.175. The van der Waals surface area contributed by atoms with Crippen molar-refractivity contribution in [2.24, 2.45) is 0 Å². The molecule has 0 bridgehead atoms. The summed E-state index contributed by atoms with van der Waals surface area (Å²) in [4.78, 5) is 0. The second-order valence-corrected chi connectivity index (χ2v) is 9.55.